The van der Waals surface area contributed by atoms with Gasteiger partial charge in [0.15, 0.2) is 0 Å². The highest BCUT2D eigenvalue weighted by atomic mass is 16.3. The van der Waals surface area contributed by atoms with Crippen LogP contribution in [0, 0.1) is 0 Å². The zero-order valence-corrected chi connectivity index (χ0v) is 12.9. The van der Waals surface area contributed by atoms with Crippen LogP contribution in [-0.2, 0) is 19.4 Å². The fourth-order valence-corrected chi connectivity index (χ4v) is 3.37. The summed E-state index contributed by atoms with van der Waals surface area (Å²) in [7, 11) is 0. The fraction of sp³-hybridized carbons (Fsp3) is 0.444. The quantitative estimate of drug-likeness (QED) is 0.946. The Hall–Kier alpha value is -1.94. The largest absolute Gasteiger partial charge is 0.392 e. The maximum Gasteiger partial charge on any atom is 0.226 e. The maximum atomic E-state index is 9.21. The summed E-state index contributed by atoms with van der Waals surface area (Å²) >= 11 is 0. The minimum Gasteiger partial charge on any atom is -0.392 e. The first-order valence-corrected chi connectivity index (χ1v) is 8.13. The van der Waals surface area contributed by atoms with E-state index in [4.69, 9.17) is 9.97 Å². The van der Waals surface area contributed by atoms with E-state index in [-0.39, 0.29) is 6.61 Å². The van der Waals surface area contributed by atoms with Crippen LogP contribution < -0.4 is 4.90 Å². The molecule has 2 heterocycles. The fourth-order valence-electron chi connectivity index (χ4n) is 3.37. The van der Waals surface area contributed by atoms with Crippen LogP contribution in [0.25, 0.3) is 11.3 Å². The summed E-state index contributed by atoms with van der Waals surface area (Å²) in [6.45, 7) is 3.37. The molecule has 1 fully saturated rings. The van der Waals surface area contributed by atoms with Gasteiger partial charge in [0.05, 0.1) is 12.3 Å². The van der Waals surface area contributed by atoms with E-state index >= 15 is 0 Å². The SMILES string of the molecule is C[C@H]1CCN1c1nc2c(c(-c3ccc(CO)cc3)n1)CCC2. The van der Waals surface area contributed by atoms with E-state index in [0.29, 0.717) is 6.04 Å². The summed E-state index contributed by atoms with van der Waals surface area (Å²) in [5, 5.41) is 9.21. The Kier molecular flexibility index (Phi) is 3.34. The molecule has 1 saturated heterocycles. The average molecular weight is 295 g/mol. The van der Waals surface area contributed by atoms with E-state index < -0.39 is 0 Å². The zero-order valence-electron chi connectivity index (χ0n) is 12.9. The van der Waals surface area contributed by atoms with E-state index in [1.165, 1.54) is 24.1 Å². The lowest BCUT2D eigenvalue weighted by atomic mass is 10.0. The van der Waals surface area contributed by atoms with Crippen LogP contribution in [-0.4, -0.2) is 27.7 Å². The van der Waals surface area contributed by atoms with Crippen molar-refractivity contribution in [1.82, 2.24) is 9.97 Å². The molecule has 1 N–H and O–H groups in total. The molecule has 4 heteroatoms. The number of aliphatic hydroxyl groups excluding tert-OH is 1. The maximum absolute atomic E-state index is 9.21. The van der Waals surface area contributed by atoms with Crippen molar-refractivity contribution in [2.24, 2.45) is 0 Å². The van der Waals surface area contributed by atoms with Gasteiger partial charge in [-0.15, -0.1) is 0 Å². The van der Waals surface area contributed by atoms with Crippen molar-refractivity contribution < 1.29 is 5.11 Å². The lowest BCUT2D eigenvalue weighted by Crippen LogP contribution is -2.46. The molecular weight excluding hydrogens is 274 g/mol. The number of aryl methyl sites for hydroxylation is 1. The van der Waals surface area contributed by atoms with Crippen molar-refractivity contribution >= 4 is 5.95 Å². The van der Waals surface area contributed by atoms with Gasteiger partial charge in [0.25, 0.3) is 0 Å². The van der Waals surface area contributed by atoms with Crippen LogP contribution in [0.2, 0.25) is 0 Å². The molecule has 1 aromatic carbocycles. The molecule has 1 aliphatic heterocycles. The van der Waals surface area contributed by atoms with Crippen LogP contribution in [0.15, 0.2) is 24.3 Å². The second-order valence-electron chi connectivity index (χ2n) is 6.34. The van der Waals surface area contributed by atoms with Gasteiger partial charge < -0.3 is 10.0 Å². The lowest BCUT2D eigenvalue weighted by molar-refractivity contribution is 0.282. The second kappa shape index (κ2) is 5.36. The Morgan fingerprint density at radius 3 is 2.64 bits per heavy atom. The number of aliphatic hydroxyl groups is 1. The Bertz CT molecular complexity index is 696. The normalized spacial score (nSPS) is 19.9. The van der Waals surface area contributed by atoms with Gasteiger partial charge in [-0.3, -0.25) is 0 Å². The topological polar surface area (TPSA) is 49.2 Å². The summed E-state index contributed by atoms with van der Waals surface area (Å²) in [5.74, 6) is 0.889. The standard InChI is InChI=1S/C18H21N3O/c1-12-9-10-21(12)18-19-16-4-2-3-15(16)17(20-18)14-7-5-13(11-22)6-8-14/h5-8,12,22H,2-4,9-11H2,1H3/t12-/m0/s1. The minimum atomic E-state index is 0.0820. The Labute approximate surface area is 130 Å². The number of rotatable bonds is 3. The summed E-state index contributed by atoms with van der Waals surface area (Å²) < 4.78 is 0. The second-order valence-corrected chi connectivity index (χ2v) is 6.34. The van der Waals surface area contributed by atoms with Crippen LogP contribution in [0.4, 0.5) is 5.95 Å². The number of anilines is 1. The van der Waals surface area contributed by atoms with Gasteiger partial charge >= 0.3 is 0 Å². The smallest absolute Gasteiger partial charge is 0.226 e. The molecule has 0 saturated carbocycles. The number of nitrogens with zero attached hydrogens (tertiary/aromatic N) is 3. The predicted molar refractivity (Wildman–Crippen MR) is 86.8 cm³/mol. The first-order valence-electron chi connectivity index (χ1n) is 8.13. The third kappa shape index (κ3) is 2.18. The molecular formula is C18H21N3O. The molecule has 0 radical (unpaired) electrons. The molecule has 2 aliphatic rings. The van der Waals surface area contributed by atoms with Crippen LogP contribution >= 0.6 is 0 Å². The number of fused-ring (bicyclic) bond motifs is 1. The molecule has 22 heavy (non-hydrogen) atoms. The van der Waals surface area contributed by atoms with Gasteiger partial charge in [-0.25, -0.2) is 9.97 Å². The average Bonchev–Trinajstić information content (AvgIpc) is 3.01. The number of hydrogen-bond donors (Lipinski definition) is 1. The van der Waals surface area contributed by atoms with Crippen molar-refractivity contribution in [3.8, 4) is 11.3 Å². The Morgan fingerprint density at radius 1 is 1.18 bits per heavy atom. The predicted octanol–water partition coefficient (Wildman–Crippen LogP) is 2.72. The highest BCUT2D eigenvalue weighted by Gasteiger charge is 2.29. The van der Waals surface area contributed by atoms with E-state index in [0.717, 1.165) is 42.2 Å². The van der Waals surface area contributed by atoms with Gasteiger partial charge in [-0.1, -0.05) is 24.3 Å². The molecule has 1 aliphatic carbocycles. The summed E-state index contributed by atoms with van der Waals surface area (Å²) in [5.41, 5.74) is 5.69. The molecule has 0 spiro atoms. The molecule has 1 aromatic heterocycles. The molecule has 114 valence electrons. The molecule has 0 unspecified atom stereocenters. The monoisotopic (exact) mass is 295 g/mol. The summed E-state index contributed by atoms with van der Waals surface area (Å²) in [6, 6.07) is 8.63. The van der Waals surface area contributed by atoms with Crippen molar-refractivity contribution in [1.29, 1.82) is 0 Å². The molecule has 0 amide bonds. The third-order valence-corrected chi connectivity index (χ3v) is 4.91. The van der Waals surface area contributed by atoms with Crippen LogP contribution in [0.3, 0.4) is 0 Å². The lowest BCUT2D eigenvalue weighted by Gasteiger charge is -2.39. The molecule has 0 bridgehead atoms. The van der Waals surface area contributed by atoms with Gasteiger partial charge in [0.2, 0.25) is 5.95 Å². The van der Waals surface area contributed by atoms with Crippen LogP contribution in [0.5, 0.6) is 0 Å². The van der Waals surface area contributed by atoms with Crippen molar-refractivity contribution in [3.05, 3.63) is 41.1 Å². The van der Waals surface area contributed by atoms with Crippen LogP contribution in [0.1, 0.15) is 36.6 Å². The molecule has 2 aromatic rings. The van der Waals surface area contributed by atoms with Gasteiger partial charge in [0.1, 0.15) is 0 Å². The zero-order chi connectivity index (χ0) is 15.1. The minimum absolute atomic E-state index is 0.0820. The number of benzene rings is 1. The molecule has 4 nitrogen and oxygen atoms in total. The summed E-state index contributed by atoms with van der Waals surface area (Å²) in [4.78, 5) is 12.0. The van der Waals surface area contributed by atoms with Crippen molar-refractivity contribution in [2.75, 3.05) is 11.4 Å². The van der Waals surface area contributed by atoms with Crippen molar-refractivity contribution in [3.63, 3.8) is 0 Å². The Morgan fingerprint density at radius 2 is 2.00 bits per heavy atom. The first-order chi connectivity index (χ1) is 10.8. The van der Waals surface area contributed by atoms with Gasteiger partial charge in [-0.05, 0) is 38.2 Å². The molecule has 1 atom stereocenters. The third-order valence-electron chi connectivity index (χ3n) is 4.91. The van der Waals surface area contributed by atoms with Crippen molar-refractivity contribution in [2.45, 2.75) is 45.3 Å². The molecule has 4 rings (SSSR count). The summed E-state index contributed by atoms with van der Waals surface area (Å²) in [6.07, 6.45) is 4.53. The van der Waals surface area contributed by atoms with E-state index in [2.05, 4.69) is 24.0 Å². The number of aromatic nitrogens is 2. The first kappa shape index (κ1) is 13.7. The Balaban J connectivity index is 1.79. The van der Waals surface area contributed by atoms with Gasteiger partial charge in [0, 0.05) is 29.4 Å². The number of hydrogen-bond acceptors (Lipinski definition) is 4. The van der Waals surface area contributed by atoms with E-state index in [1.54, 1.807) is 0 Å². The highest BCUT2D eigenvalue weighted by Crippen LogP contribution is 2.33. The highest BCUT2D eigenvalue weighted by molar-refractivity contribution is 5.67. The van der Waals surface area contributed by atoms with E-state index in [1.807, 2.05) is 12.1 Å². The van der Waals surface area contributed by atoms with E-state index in [9.17, 15) is 5.11 Å². The van der Waals surface area contributed by atoms with Gasteiger partial charge in [-0.2, -0.15) is 0 Å².